The Bertz CT molecular complexity index is 539. The molecule has 0 saturated carbocycles. The zero-order chi connectivity index (χ0) is 16.7. The molecule has 22 heavy (non-hydrogen) atoms. The van der Waals surface area contributed by atoms with Crippen LogP contribution in [0.25, 0.3) is 0 Å². The molecular weight excluding hydrogens is 288 g/mol. The number of Topliss-reactive ketones (excluding diaryl/α,β-unsaturated/α-hetero) is 1. The largest absolute Gasteiger partial charge is 0.478 e. The van der Waals surface area contributed by atoms with Crippen molar-refractivity contribution in [2.75, 3.05) is 6.54 Å². The molecule has 7 heteroatoms. The summed E-state index contributed by atoms with van der Waals surface area (Å²) in [6, 6.07) is 3.18. The van der Waals surface area contributed by atoms with E-state index in [-0.39, 0.29) is 16.9 Å². The SMILES string of the molecule is CC(=O)c1cccc(C(=O)O)c1OC(=O)C(N)CCCCN. The first-order chi connectivity index (χ1) is 10.4. The van der Waals surface area contributed by atoms with Gasteiger partial charge in [-0.05, 0) is 38.4 Å². The normalized spacial score (nSPS) is 11.8. The second-order valence-electron chi connectivity index (χ2n) is 4.86. The molecule has 5 N–H and O–H groups in total. The fourth-order valence-corrected chi connectivity index (χ4v) is 1.90. The monoisotopic (exact) mass is 308 g/mol. The Hall–Kier alpha value is -2.25. The molecule has 0 bridgehead atoms. The lowest BCUT2D eigenvalue weighted by Crippen LogP contribution is -2.35. The number of nitrogens with two attached hydrogens (primary N) is 2. The standard InChI is InChI=1S/C15H20N2O5/c1-9(18)10-5-4-6-11(14(19)20)13(10)22-15(21)12(17)7-2-3-8-16/h4-6,12H,2-3,7-8,16-17H2,1H3,(H,19,20). The van der Waals surface area contributed by atoms with E-state index in [4.69, 9.17) is 21.3 Å². The van der Waals surface area contributed by atoms with Crippen molar-refractivity contribution in [2.45, 2.75) is 32.2 Å². The Morgan fingerprint density at radius 2 is 1.86 bits per heavy atom. The molecule has 1 aromatic carbocycles. The number of carboxylic acids is 1. The van der Waals surface area contributed by atoms with E-state index in [9.17, 15) is 14.4 Å². The highest BCUT2D eigenvalue weighted by Crippen LogP contribution is 2.25. The number of aromatic carboxylic acids is 1. The number of carboxylic acid groups (broad SMARTS) is 1. The summed E-state index contributed by atoms with van der Waals surface area (Å²) in [6.45, 7) is 1.76. The second-order valence-corrected chi connectivity index (χ2v) is 4.86. The average molecular weight is 308 g/mol. The first kappa shape index (κ1) is 17.8. The van der Waals surface area contributed by atoms with Crippen molar-refractivity contribution in [1.29, 1.82) is 0 Å². The Morgan fingerprint density at radius 3 is 2.41 bits per heavy atom. The highest BCUT2D eigenvalue weighted by atomic mass is 16.5. The molecule has 0 aliphatic carbocycles. The quantitative estimate of drug-likeness (QED) is 0.282. The van der Waals surface area contributed by atoms with Crippen molar-refractivity contribution in [3.8, 4) is 5.75 Å². The van der Waals surface area contributed by atoms with E-state index in [0.29, 0.717) is 19.4 Å². The molecule has 0 saturated heterocycles. The number of benzene rings is 1. The summed E-state index contributed by atoms with van der Waals surface area (Å²) in [5.41, 5.74) is 10.8. The Balaban J connectivity index is 2.98. The van der Waals surface area contributed by atoms with Gasteiger partial charge in [0.15, 0.2) is 11.5 Å². The Morgan fingerprint density at radius 1 is 1.23 bits per heavy atom. The van der Waals surface area contributed by atoms with Crippen LogP contribution in [-0.2, 0) is 4.79 Å². The van der Waals surface area contributed by atoms with Crippen molar-refractivity contribution in [2.24, 2.45) is 11.5 Å². The van der Waals surface area contributed by atoms with Crippen molar-refractivity contribution >= 4 is 17.7 Å². The highest BCUT2D eigenvalue weighted by Gasteiger charge is 2.23. The second kappa shape index (κ2) is 8.26. The molecule has 1 atom stereocenters. The molecule has 0 heterocycles. The highest BCUT2D eigenvalue weighted by molar-refractivity contribution is 6.03. The van der Waals surface area contributed by atoms with Crippen molar-refractivity contribution in [3.63, 3.8) is 0 Å². The van der Waals surface area contributed by atoms with Gasteiger partial charge in [-0.3, -0.25) is 4.79 Å². The lowest BCUT2D eigenvalue weighted by atomic mass is 10.1. The van der Waals surface area contributed by atoms with E-state index in [1.165, 1.54) is 25.1 Å². The van der Waals surface area contributed by atoms with E-state index in [0.717, 1.165) is 6.42 Å². The van der Waals surface area contributed by atoms with Crippen LogP contribution in [-0.4, -0.2) is 35.4 Å². The van der Waals surface area contributed by atoms with E-state index >= 15 is 0 Å². The van der Waals surface area contributed by atoms with Crippen LogP contribution in [0.4, 0.5) is 0 Å². The minimum absolute atomic E-state index is 0.0300. The molecule has 7 nitrogen and oxygen atoms in total. The van der Waals surface area contributed by atoms with Gasteiger partial charge in [0.25, 0.3) is 0 Å². The maximum absolute atomic E-state index is 12.0. The van der Waals surface area contributed by atoms with Crippen LogP contribution >= 0.6 is 0 Å². The maximum atomic E-state index is 12.0. The molecule has 1 aromatic rings. The van der Waals surface area contributed by atoms with Crippen molar-refractivity contribution in [3.05, 3.63) is 29.3 Å². The fourth-order valence-electron chi connectivity index (χ4n) is 1.90. The van der Waals surface area contributed by atoms with Gasteiger partial charge in [-0.25, -0.2) is 9.59 Å². The number of rotatable bonds is 8. The van der Waals surface area contributed by atoms with Gasteiger partial charge in [0.1, 0.15) is 11.6 Å². The van der Waals surface area contributed by atoms with Crippen LogP contribution in [0.1, 0.15) is 46.9 Å². The number of esters is 1. The third-order valence-corrected chi connectivity index (χ3v) is 3.10. The molecule has 120 valence electrons. The topological polar surface area (TPSA) is 133 Å². The number of hydrogen-bond donors (Lipinski definition) is 3. The van der Waals surface area contributed by atoms with E-state index in [2.05, 4.69) is 0 Å². The Labute approximate surface area is 128 Å². The van der Waals surface area contributed by atoms with Crippen LogP contribution in [0.2, 0.25) is 0 Å². The number of ether oxygens (including phenoxy) is 1. The van der Waals surface area contributed by atoms with E-state index in [1.807, 2.05) is 0 Å². The molecule has 0 aromatic heterocycles. The molecule has 0 radical (unpaired) electrons. The molecular formula is C15H20N2O5. The molecule has 0 fully saturated rings. The van der Waals surface area contributed by atoms with Crippen molar-refractivity contribution in [1.82, 2.24) is 0 Å². The van der Waals surface area contributed by atoms with Gasteiger partial charge in [0, 0.05) is 0 Å². The van der Waals surface area contributed by atoms with Gasteiger partial charge >= 0.3 is 11.9 Å². The van der Waals surface area contributed by atoms with Gasteiger partial charge in [0.05, 0.1) is 5.56 Å². The zero-order valence-electron chi connectivity index (χ0n) is 12.4. The summed E-state index contributed by atoms with van der Waals surface area (Å²) in [4.78, 5) is 34.8. The zero-order valence-corrected chi connectivity index (χ0v) is 12.4. The predicted molar refractivity (Wildman–Crippen MR) is 79.9 cm³/mol. The van der Waals surface area contributed by atoms with Gasteiger partial charge < -0.3 is 21.3 Å². The first-order valence-corrected chi connectivity index (χ1v) is 6.93. The number of hydrogen-bond acceptors (Lipinski definition) is 6. The Kier molecular flexibility index (Phi) is 6.68. The summed E-state index contributed by atoms with van der Waals surface area (Å²) < 4.78 is 5.09. The first-order valence-electron chi connectivity index (χ1n) is 6.93. The minimum Gasteiger partial charge on any atom is -0.478 e. The third-order valence-electron chi connectivity index (χ3n) is 3.10. The number of unbranched alkanes of at least 4 members (excludes halogenated alkanes) is 1. The summed E-state index contributed by atoms with van der Waals surface area (Å²) >= 11 is 0. The predicted octanol–water partition coefficient (Wildman–Crippen LogP) is 0.949. The van der Waals surface area contributed by atoms with E-state index < -0.39 is 23.8 Å². The summed E-state index contributed by atoms with van der Waals surface area (Å²) in [5, 5.41) is 9.15. The van der Waals surface area contributed by atoms with Gasteiger partial charge in [-0.15, -0.1) is 0 Å². The van der Waals surface area contributed by atoms with Crippen LogP contribution in [0, 0.1) is 0 Å². The van der Waals surface area contributed by atoms with Crippen LogP contribution < -0.4 is 16.2 Å². The maximum Gasteiger partial charge on any atom is 0.339 e. The third kappa shape index (κ3) is 4.64. The summed E-state index contributed by atoms with van der Waals surface area (Å²) in [6.07, 6.45) is 1.76. The molecule has 0 aliphatic rings. The van der Waals surface area contributed by atoms with Gasteiger partial charge in [-0.1, -0.05) is 12.5 Å². The van der Waals surface area contributed by atoms with Gasteiger partial charge in [0.2, 0.25) is 0 Å². The minimum atomic E-state index is -1.29. The number of ketones is 1. The van der Waals surface area contributed by atoms with Gasteiger partial charge in [-0.2, -0.15) is 0 Å². The lowest BCUT2D eigenvalue weighted by Gasteiger charge is -2.14. The van der Waals surface area contributed by atoms with Crippen LogP contribution in [0.3, 0.4) is 0 Å². The average Bonchev–Trinajstić information content (AvgIpc) is 2.46. The van der Waals surface area contributed by atoms with Crippen LogP contribution in [0.5, 0.6) is 5.75 Å². The summed E-state index contributed by atoms with van der Waals surface area (Å²) in [7, 11) is 0. The molecule has 0 spiro atoms. The molecule has 1 unspecified atom stereocenters. The van der Waals surface area contributed by atoms with E-state index in [1.54, 1.807) is 0 Å². The summed E-state index contributed by atoms with van der Waals surface area (Å²) in [5.74, 6) is -2.72. The van der Waals surface area contributed by atoms with Crippen molar-refractivity contribution < 1.29 is 24.2 Å². The fraction of sp³-hybridized carbons (Fsp3) is 0.400. The number of para-hydroxylation sites is 1. The smallest absolute Gasteiger partial charge is 0.339 e. The number of carbonyl (C=O) groups excluding carboxylic acids is 2. The number of carbonyl (C=O) groups is 3. The molecule has 0 amide bonds. The van der Waals surface area contributed by atoms with Crippen LogP contribution in [0.15, 0.2) is 18.2 Å². The molecule has 1 rings (SSSR count). The molecule has 0 aliphatic heterocycles. The lowest BCUT2D eigenvalue weighted by molar-refractivity contribution is -0.136.